The Kier molecular flexibility index (Phi) is 13.2. The van der Waals surface area contributed by atoms with Crippen LogP contribution in [0.5, 0.6) is 0 Å². The quantitative estimate of drug-likeness (QED) is 0.602. The molecule has 1 aromatic carbocycles. The summed E-state index contributed by atoms with van der Waals surface area (Å²) in [5, 5.41) is 0. The van der Waals surface area contributed by atoms with Crippen LogP contribution in [-0.2, 0) is 9.84 Å². The van der Waals surface area contributed by atoms with Crippen LogP contribution in [0, 0.1) is 17.8 Å². The molecule has 3 heteroatoms. The molecule has 0 saturated carbocycles. The van der Waals surface area contributed by atoms with Crippen LogP contribution in [0.2, 0.25) is 0 Å². The van der Waals surface area contributed by atoms with Gasteiger partial charge < -0.3 is 0 Å². The summed E-state index contributed by atoms with van der Waals surface area (Å²) in [6.45, 7) is 12.5. The lowest BCUT2D eigenvalue weighted by molar-refractivity contribution is 0.236. The molecule has 0 radical (unpaired) electrons. The van der Waals surface area contributed by atoms with E-state index in [1.165, 1.54) is 0 Å². The lowest BCUT2D eigenvalue weighted by Crippen LogP contribution is -2.28. The molecule has 0 amide bonds. The Morgan fingerprint density at radius 1 is 0.826 bits per heavy atom. The van der Waals surface area contributed by atoms with Crippen molar-refractivity contribution in [2.45, 2.75) is 82.6 Å². The van der Waals surface area contributed by atoms with Gasteiger partial charge in [0.2, 0.25) is 0 Å². The van der Waals surface area contributed by atoms with Crippen molar-refractivity contribution in [3.8, 4) is 0 Å². The van der Waals surface area contributed by atoms with E-state index >= 15 is 0 Å². The number of aryl methyl sites for hydroxylation is 1. The average molecular weight is 347 g/mol. The van der Waals surface area contributed by atoms with Crippen LogP contribution < -0.4 is 0 Å². The van der Waals surface area contributed by atoms with E-state index in [4.69, 9.17) is 0 Å². The Labute approximate surface area is 147 Å². The van der Waals surface area contributed by atoms with E-state index in [1.54, 1.807) is 12.1 Å². The number of benzene rings is 1. The van der Waals surface area contributed by atoms with Gasteiger partial charge in [0.05, 0.1) is 10.6 Å². The van der Waals surface area contributed by atoms with Gasteiger partial charge in [0.1, 0.15) is 0 Å². The lowest BCUT2D eigenvalue weighted by Gasteiger charge is -2.32. The van der Waals surface area contributed by atoms with E-state index in [0.717, 1.165) is 12.0 Å². The van der Waals surface area contributed by atoms with Gasteiger partial charge in [-0.1, -0.05) is 82.0 Å². The maximum Gasteiger partial charge on any atom is 0.178 e. The van der Waals surface area contributed by atoms with Crippen LogP contribution in [-0.4, -0.2) is 14.2 Å². The predicted octanol–water partition coefficient (Wildman–Crippen LogP) is 6.78. The Bertz CT molecular complexity index is 518. The molecule has 0 unspecified atom stereocenters. The van der Waals surface area contributed by atoms with Crippen molar-refractivity contribution in [3.05, 3.63) is 29.8 Å². The summed E-state index contributed by atoms with van der Waals surface area (Å²) in [5.74, 6) is 0.195. The molecular weight excluding hydrogens is 304 g/mol. The van der Waals surface area contributed by atoms with Gasteiger partial charge in [0.25, 0.3) is 0 Å². The van der Waals surface area contributed by atoms with E-state index in [-0.39, 0.29) is 46.3 Å². The Balaban J connectivity index is -0.000000451. The van der Waals surface area contributed by atoms with E-state index in [1.807, 2.05) is 32.9 Å². The third kappa shape index (κ3) is 10.5. The highest BCUT2D eigenvalue weighted by atomic mass is 32.2. The number of hydrogen-bond acceptors (Lipinski definition) is 2. The van der Waals surface area contributed by atoms with Crippen molar-refractivity contribution in [1.82, 2.24) is 0 Å². The highest BCUT2D eigenvalue weighted by Gasteiger charge is 2.31. The van der Waals surface area contributed by atoms with Gasteiger partial charge in [0, 0.05) is 0 Å². The summed E-state index contributed by atoms with van der Waals surface area (Å²) >= 11 is 0. The predicted molar refractivity (Wildman–Crippen MR) is 108 cm³/mol. The van der Waals surface area contributed by atoms with Crippen LogP contribution >= 0.6 is 0 Å². The molecule has 0 heterocycles. The van der Waals surface area contributed by atoms with Crippen molar-refractivity contribution in [3.63, 3.8) is 0 Å². The first-order valence-corrected chi connectivity index (χ1v) is 8.36. The second kappa shape index (κ2) is 10.1. The maximum atomic E-state index is 12.4. The molecule has 0 fully saturated rings. The normalized spacial score (nSPS) is 11.2. The van der Waals surface area contributed by atoms with Crippen LogP contribution in [0.25, 0.3) is 0 Å². The van der Waals surface area contributed by atoms with Crippen molar-refractivity contribution < 1.29 is 8.42 Å². The summed E-state index contributed by atoms with van der Waals surface area (Å²) < 4.78 is 24.9. The Hall–Kier alpha value is -0.830. The summed E-state index contributed by atoms with van der Waals surface area (Å²) in [5.41, 5.74) is 0.988. The fraction of sp³-hybridized carbons (Fsp3) is 0.700. The minimum Gasteiger partial charge on any atom is -0.224 e. The molecule has 23 heavy (non-hydrogen) atoms. The monoisotopic (exact) mass is 346 g/mol. The van der Waals surface area contributed by atoms with Crippen molar-refractivity contribution in [2.75, 3.05) is 5.75 Å². The molecule has 0 atom stereocenters. The largest absolute Gasteiger partial charge is 0.224 e. The van der Waals surface area contributed by atoms with Crippen molar-refractivity contribution >= 4 is 9.84 Å². The summed E-state index contributed by atoms with van der Waals surface area (Å²) in [4.78, 5) is 0.431. The Morgan fingerprint density at radius 2 is 1.22 bits per heavy atom. The SMILES string of the molecule is C.C.C.C.Cc1ccc(S(=O)(=O)CC(C)(C)CC(C)(C)C)cc1. The smallest absolute Gasteiger partial charge is 0.178 e. The zero-order chi connectivity index (χ0) is 14.9. The fourth-order valence-corrected chi connectivity index (χ4v) is 4.68. The molecule has 0 saturated heterocycles. The molecule has 0 bridgehead atoms. The minimum absolute atomic E-state index is 0. The van der Waals surface area contributed by atoms with Gasteiger partial charge in [-0.25, -0.2) is 8.42 Å². The average Bonchev–Trinajstić information content (AvgIpc) is 2.11. The standard InChI is InChI=1S/C16H26O2S.4CH4/c1-13-7-9-14(10-8-13)19(17,18)12-16(5,6)11-15(2,3)4;;;;/h7-10H,11-12H2,1-6H3;4*1H4. The van der Waals surface area contributed by atoms with E-state index in [2.05, 4.69) is 20.8 Å². The van der Waals surface area contributed by atoms with Crippen molar-refractivity contribution in [2.24, 2.45) is 10.8 Å². The van der Waals surface area contributed by atoms with Gasteiger partial charge >= 0.3 is 0 Å². The molecule has 1 rings (SSSR count). The highest BCUT2D eigenvalue weighted by Crippen LogP contribution is 2.35. The van der Waals surface area contributed by atoms with Crippen LogP contribution in [0.1, 0.15) is 76.3 Å². The molecule has 0 spiro atoms. The topological polar surface area (TPSA) is 34.1 Å². The van der Waals surface area contributed by atoms with Crippen molar-refractivity contribution in [1.29, 1.82) is 0 Å². The first kappa shape index (κ1) is 30.1. The second-order valence-electron chi connectivity index (χ2n) is 7.47. The van der Waals surface area contributed by atoms with Gasteiger partial charge in [-0.05, 0) is 36.3 Å². The lowest BCUT2D eigenvalue weighted by atomic mass is 9.77. The third-order valence-corrected chi connectivity index (χ3v) is 5.12. The minimum atomic E-state index is -3.21. The van der Waals surface area contributed by atoms with Gasteiger partial charge in [-0.2, -0.15) is 0 Å². The second-order valence-corrected chi connectivity index (χ2v) is 9.46. The number of rotatable bonds is 4. The van der Waals surface area contributed by atoms with Crippen LogP contribution in [0.15, 0.2) is 29.2 Å². The molecule has 0 N–H and O–H groups in total. The number of sulfone groups is 1. The van der Waals surface area contributed by atoms with Crippen LogP contribution in [0.4, 0.5) is 0 Å². The molecule has 0 aliphatic heterocycles. The van der Waals surface area contributed by atoms with E-state index in [0.29, 0.717) is 4.90 Å². The molecular formula is C20H42O2S. The first-order chi connectivity index (χ1) is 8.41. The summed E-state index contributed by atoms with van der Waals surface area (Å²) in [6, 6.07) is 7.11. The molecule has 0 aliphatic rings. The van der Waals surface area contributed by atoms with Gasteiger partial charge in [-0.15, -0.1) is 0 Å². The molecule has 0 aromatic heterocycles. The summed E-state index contributed by atoms with van der Waals surface area (Å²) in [7, 11) is -3.21. The zero-order valence-corrected chi connectivity index (χ0v) is 13.8. The molecule has 1 aromatic rings. The maximum absolute atomic E-state index is 12.4. The molecule has 140 valence electrons. The molecule has 2 nitrogen and oxygen atoms in total. The zero-order valence-electron chi connectivity index (χ0n) is 12.9. The number of hydrogen-bond donors (Lipinski definition) is 0. The fourth-order valence-electron chi connectivity index (χ4n) is 2.83. The highest BCUT2D eigenvalue weighted by molar-refractivity contribution is 7.91. The first-order valence-electron chi connectivity index (χ1n) is 6.71. The third-order valence-electron chi connectivity index (χ3n) is 2.97. The molecule has 0 aliphatic carbocycles. The van der Waals surface area contributed by atoms with E-state index in [9.17, 15) is 8.42 Å². The van der Waals surface area contributed by atoms with Crippen LogP contribution in [0.3, 0.4) is 0 Å². The van der Waals surface area contributed by atoms with E-state index < -0.39 is 9.84 Å². The van der Waals surface area contributed by atoms with Gasteiger partial charge in [-0.3, -0.25) is 0 Å². The van der Waals surface area contributed by atoms with Gasteiger partial charge in [0.15, 0.2) is 9.84 Å². The Morgan fingerprint density at radius 3 is 1.57 bits per heavy atom. The summed E-state index contributed by atoms with van der Waals surface area (Å²) in [6.07, 6.45) is 0.880.